The van der Waals surface area contributed by atoms with Gasteiger partial charge in [-0.15, -0.1) is 0 Å². The number of carbonyl (C=O) groups is 1. The molecular formula is C13H15ClO3. The molecule has 1 aromatic carbocycles. The van der Waals surface area contributed by atoms with Crippen molar-refractivity contribution in [3.63, 3.8) is 0 Å². The molecule has 1 N–H and O–H groups in total. The molecule has 1 unspecified atom stereocenters. The molecule has 17 heavy (non-hydrogen) atoms. The molecule has 1 saturated heterocycles. The van der Waals surface area contributed by atoms with Crippen LogP contribution in [0.2, 0.25) is 5.02 Å². The molecule has 1 aliphatic heterocycles. The Bertz CT molecular complexity index is 426. The van der Waals surface area contributed by atoms with Crippen LogP contribution in [0.5, 0.6) is 0 Å². The summed E-state index contributed by atoms with van der Waals surface area (Å²) in [5.74, 6) is -1.32. The SMILES string of the molecule is CC1(CC(C(=O)O)c2cccc(Cl)c2)COC1. The Balaban J connectivity index is 2.20. The Labute approximate surface area is 105 Å². The van der Waals surface area contributed by atoms with Gasteiger partial charge in [-0.25, -0.2) is 0 Å². The predicted octanol–water partition coefficient (Wildman–Crippen LogP) is 2.93. The molecule has 0 saturated carbocycles. The molecule has 1 aromatic rings. The Hall–Kier alpha value is -1.06. The first-order valence-electron chi connectivity index (χ1n) is 5.56. The molecule has 1 fully saturated rings. The van der Waals surface area contributed by atoms with E-state index < -0.39 is 11.9 Å². The van der Waals surface area contributed by atoms with Gasteiger partial charge in [0.15, 0.2) is 0 Å². The molecule has 1 aliphatic rings. The van der Waals surface area contributed by atoms with Gasteiger partial charge in [0, 0.05) is 10.4 Å². The second-order valence-corrected chi connectivity index (χ2v) is 5.39. The third-order valence-corrected chi connectivity index (χ3v) is 3.38. The molecule has 92 valence electrons. The van der Waals surface area contributed by atoms with Crippen LogP contribution in [0.25, 0.3) is 0 Å². The van der Waals surface area contributed by atoms with Crippen LogP contribution in [0.3, 0.4) is 0 Å². The van der Waals surface area contributed by atoms with Crippen molar-refractivity contribution >= 4 is 17.6 Å². The average molecular weight is 255 g/mol. The highest BCUT2D eigenvalue weighted by molar-refractivity contribution is 6.30. The fourth-order valence-electron chi connectivity index (χ4n) is 2.13. The van der Waals surface area contributed by atoms with Gasteiger partial charge in [0.25, 0.3) is 0 Å². The summed E-state index contributed by atoms with van der Waals surface area (Å²) in [6.07, 6.45) is 0.586. The number of halogens is 1. The zero-order valence-electron chi connectivity index (χ0n) is 9.65. The maximum Gasteiger partial charge on any atom is 0.310 e. The third-order valence-electron chi connectivity index (χ3n) is 3.15. The van der Waals surface area contributed by atoms with E-state index in [0.29, 0.717) is 24.7 Å². The fraction of sp³-hybridized carbons (Fsp3) is 0.462. The van der Waals surface area contributed by atoms with Crippen LogP contribution in [0.1, 0.15) is 24.8 Å². The smallest absolute Gasteiger partial charge is 0.310 e. The average Bonchev–Trinajstić information content (AvgIpc) is 2.23. The van der Waals surface area contributed by atoms with Crippen LogP contribution in [-0.2, 0) is 9.53 Å². The number of hydrogen-bond donors (Lipinski definition) is 1. The summed E-state index contributed by atoms with van der Waals surface area (Å²) in [5.41, 5.74) is 0.740. The summed E-state index contributed by atoms with van der Waals surface area (Å²) in [7, 11) is 0. The van der Waals surface area contributed by atoms with Crippen molar-refractivity contribution < 1.29 is 14.6 Å². The van der Waals surface area contributed by atoms with Gasteiger partial charge in [0.05, 0.1) is 19.1 Å². The second kappa shape index (κ2) is 4.67. The maximum atomic E-state index is 11.3. The van der Waals surface area contributed by atoms with Gasteiger partial charge in [-0.1, -0.05) is 30.7 Å². The highest BCUT2D eigenvalue weighted by Crippen LogP contribution is 2.38. The van der Waals surface area contributed by atoms with Crippen LogP contribution >= 0.6 is 11.6 Å². The van der Waals surface area contributed by atoms with Crippen LogP contribution in [0.4, 0.5) is 0 Å². The molecule has 0 aromatic heterocycles. The minimum atomic E-state index is -0.805. The van der Waals surface area contributed by atoms with Crippen LogP contribution in [0, 0.1) is 5.41 Å². The van der Waals surface area contributed by atoms with Gasteiger partial charge in [-0.05, 0) is 24.1 Å². The van der Waals surface area contributed by atoms with E-state index in [0.717, 1.165) is 5.56 Å². The normalized spacial score (nSPS) is 19.4. The third kappa shape index (κ3) is 2.79. The molecule has 0 aliphatic carbocycles. The summed E-state index contributed by atoms with van der Waals surface area (Å²) in [6.45, 7) is 3.33. The molecule has 1 atom stereocenters. The van der Waals surface area contributed by atoms with Crippen molar-refractivity contribution in [3.8, 4) is 0 Å². The Morgan fingerprint density at radius 3 is 2.76 bits per heavy atom. The Morgan fingerprint density at radius 1 is 1.59 bits per heavy atom. The monoisotopic (exact) mass is 254 g/mol. The van der Waals surface area contributed by atoms with Gasteiger partial charge >= 0.3 is 5.97 Å². The maximum absolute atomic E-state index is 11.3. The van der Waals surface area contributed by atoms with Crippen molar-refractivity contribution in [1.82, 2.24) is 0 Å². The van der Waals surface area contributed by atoms with Gasteiger partial charge in [-0.2, -0.15) is 0 Å². The summed E-state index contributed by atoms with van der Waals surface area (Å²) < 4.78 is 5.16. The highest BCUT2D eigenvalue weighted by Gasteiger charge is 2.38. The van der Waals surface area contributed by atoms with E-state index in [1.165, 1.54) is 0 Å². The lowest BCUT2D eigenvalue weighted by molar-refractivity contribution is -0.145. The van der Waals surface area contributed by atoms with Crippen LogP contribution in [-0.4, -0.2) is 24.3 Å². The van der Waals surface area contributed by atoms with Gasteiger partial charge in [0.1, 0.15) is 0 Å². The van der Waals surface area contributed by atoms with Gasteiger partial charge in [0.2, 0.25) is 0 Å². The minimum Gasteiger partial charge on any atom is -0.481 e. The van der Waals surface area contributed by atoms with E-state index in [1.807, 2.05) is 6.07 Å². The summed E-state index contributed by atoms with van der Waals surface area (Å²) in [4.78, 5) is 11.3. The van der Waals surface area contributed by atoms with Gasteiger partial charge < -0.3 is 9.84 Å². The first-order chi connectivity index (χ1) is 8.00. The number of ether oxygens (including phenoxy) is 1. The molecule has 0 amide bonds. The van der Waals surface area contributed by atoms with E-state index in [4.69, 9.17) is 16.3 Å². The molecule has 4 heteroatoms. The second-order valence-electron chi connectivity index (χ2n) is 4.95. The standard InChI is InChI=1S/C13H15ClO3/c1-13(7-17-8-13)6-11(12(15)16)9-3-2-4-10(14)5-9/h2-5,11H,6-8H2,1H3,(H,15,16). The number of rotatable bonds is 4. The van der Waals surface area contributed by atoms with Crippen molar-refractivity contribution in [3.05, 3.63) is 34.9 Å². The molecular weight excluding hydrogens is 240 g/mol. The lowest BCUT2D eigenvalue weighted by Gasteiger charge is -2.39. The van der Waals surface area contributed by atoms with Crippen LogP contribution in [0.15, 0.2) is 24.3 Å². The molecule has 0 spiro atoms. The fourth-order valence-corrected chi connectivity index (χ4v) is 2.33. The van der Waals surface area contributed by atoms with E-state index in [2.05, 4.69) is 6.92 Å². The van der Waals surface area contributed by atoms with Gasteiger partial charge in [-0.3, -0.25) is 4.79 Å². The Morgan fingerprint density at radius 2 is 2.29 bits per heavy atom. The molecule has 2 rings (SSSR count). The van der Waals surface area contributed by atoms with Crippen molar-refractivity contribution in [2.24, 2.45) is 5.41 Å². The first kappa shape index (κ1) is 12.4. The lowest BCUT2D eigenvalue weighted by atomic mass is 9.77. The van der Waals surface area contributed by atoms with Crippen molar-refractivity contribution in [1.29, 1.82) is 0 Å². The number of benzene rings is 1. The van der Waals surface area contributed by atoms with Crippen molar-refractivity contribution in [2.45, 2.75) is 19.3 Å². The largest absolute Gasteiger partial charge is 0.481 e. The minimum absolute atomic E-state index is 0.0224. The number of carboxylic acid groups (broad SMARTS) is 1. The highest BCUT2D eigenvalue weighted by atomic mass is 35.5. The Kier molecular flexibility index (Phi) is 3.40. The molecule has 3 nitrogen and oxygen atoms in total. The van der Waals surface area contributed by atoms with E-state index in [9.17, 15) is 9.90 Å². The number of hydrogen-bond acceptors (Lipinski definition) is 2. The topological polar surface area (TPSA) is 46.5 Å². The molecule has 1 heterocycles. The quantitative estimate of drug-likeness (QED) is 0.899. The molecule has 0 radical (unpaired) electrons. The number of carboxylic acids is 1. The summed E-state index contributed by atoms with van der Waals surface area (Å²) in [5, 5.41) is 9.89. The summed E-state index contributed by atoms with van der Waals surface area (Å²) >= 11 is 5.90. The predicted molar refractivity (Wildman–Crippen MR) is 65.4 cm³/mol. The van der Waals surface area contributed by atoms with E-state index >= 15 is 0 Å². The molecule has 0 bridgehead atoms. The number of aliphatic carboxylic acids is 1. The lowest BCUT2D eigenvalue weighted by Crippen LogP contribution is -2.41. The van der Waals surface area contributed by atoms with Crippen molar-refractivity contribution in [2.75, 3.05) is 13.2 Å². The zero-order chi connectivity index (χ0) is 12.5. The first-order valence-corrected chi connectivity index (χ1v) is 5.94. The van der Waals surface area contributed by atoms with E-state index in [-0.39, 0.29) is 5.41 Å². The zero-order valence-corrected chi connectivity index (χ0v) is 10.4. The van der Waals surface area contributed by atoms with Crippen LogP contribution < -0.4 is 0 Å². The summed E-state index contributed by atoms with van der Waals surface area (Å²) in [6, 6.07) is 7.07. The van der Waals surface area contributed by atoms with E-state index in [1.54, 1.807) is 18.2 Å².